The molecule has 1 aromatic rings. The van der Waals surface area contributed by atoms with Crippen molar-refractivity contribution in [1.82, 2.24) is 10.3 Å². The number of nitrogens with zero attached hydrogens (tertiary/aromatic N) is 1. The molecule has 1 heterocycles. The minimum atomic E-state index is -0.131. The van der Waals surface area contributed by atoms with Gasteiger partial charge in [-0.05, 0) is 41.4 Å². The van der Waals surface area contributed by atoms with Gasteiger partial charge in [-0.2, -0.15) is 0 Å². The van der Waals surface area contributed by atoms with Gasteiger partial charge in [0.2, 0.25) is 0 Å². The Morgan fingerprint density at radius 1 is 1.50 bits per heavy atom. The lowest BCUT2D eigenvalue weighted by Gasteiger charge is -2.14. The molecule has 0 bridgehead atoms. The zero-order valence-electron chi connectivity index (χ0n) is 9.21. The maximum Gasteiger partial charge on any atom is 0.270 e. The highest BCUT2D eigenvalue weighted by atomic mass is 79.9. The van der Waals surface area contributed by atoms with E-state index in [4.69, 9.17) is 0 Å². The summed E-state index contributed by atoms with van der Waals surface area (Å²) in [5.41, 5.74) is 0.442. The highest BCUT2D eigenvalue weighted by Crippen LogP contribution is 2.09. The van der Waals surface area contributed by atoms with E-state index in [9.17, 15) is 4.79 Å². The van der Waals surface area contributed by atoms with E-state index in [1.54, 1.807) is 18.3 Å². The molecule has 0 aromatic carbocycles. The number of halogens is 2. The van der Waals surface area contributed by atoms with Gasteiger partial charge in [-0.3, -0.25) is 4.79 Å². The third-order valence-electron chi connectivity index (χ3n) is 2.02. The van der Waals surface area contributed by atoms with Gasteiger partial charge in [-0.1, -0.05) is 22.9 Å². The maximum atomic E-state index is 11.7. The first-order valence-electron chi connectivity index (χ1n) is 5.05. The molecule has 0 aliphatic carbocycles. The summed E-state index contributed by atoms with van der Waals surface area (Å²) in [6.07, 6.45) is 2.51. The van der Waals surface area contributed by atoms with Gasteiger partial charge in [0.1, 0.15) is 5.69 Å². The monoisotopic (exact) mass is 348 g/mol. The smallest absolute Gasteiger partial charge is 0.270 e. The molecule has 0 radical (unpaired) electrons. The molecule has 0 aliphatic rings. The quantitative estimate of drug-likeness (QED) is 0.848. The lowest BCUT2D eigenvalue weighted by molar-refractivity contribution is 0.0933. The molecule has 1 aromatic heterocycles. The lowest BCUT2D eigenvalue weighted by Crippen LogP contribution is -2.34. The molecule has 2 unspecified atom stereocenters. The molecule has 5 heteroatoms. The van der Waals surface area contributed by atoms with E-state index in [0.29, 0.717) is 10.5 Å². The Morgan fingerprint density at radius 3 is 2.69 bits per heavy atom. The van der Waals surface area contributed by atoms with E-state index in [-0.39, 0.29) is 11.9 Å². The van der Waals surface area contributed by atoms with Crippen LogP contribution in [0.5, 0.6) is 0 Å². The fraction of sp³-hybridized carbons (Fsp3) is 0.455. The lowest BCUT2D eigenvalue weighted by atomic mass is 10.2. The fourth-order valence-corrected chi connectivity index (χ4v) is 2.15. The van der Waals surface area contributed by atoms with Gasteiger partial charge in [-0.25, -0.2) is 4.98 Å². The largest absolute Gasteiger partial charge is 0.348 e. The Bertz CT molecular complexity index is 352. The Morgan fingerprint density at radius 2 is 2.19 bits per heavy atom. The Hall–Kier alpha value is -0.420. The van der Waals surface area contributed by atoms with E-state index in [1.165, 1.54) is 0 Å². The summed E-state index contributed by atoms with van der Waals surface area (Å²) in [6, 6.07) is 3.64. The molecule has 0 spiro atoms. The van der Waals surface area contributed by atoms with Gasteiger partial charge in [0, 0.05) is 21.5 Å². The third kappa shape index (κ3) is 4.61. The van der Waals surface area contributed by atoms with Crippen LogP contribution in [0.3, 0.4) is 0 Å². The number of alkyl halides is 1. The summed E-state index contributed by atoms with van der Waals surface area (Å²) in [4.78, 5) is 16.2. The molecule has 1 amide bonds. The summed E-state index contributed by atoms with van der Waals surface area (Å²) in [6.45, 7) is 4.04. The molecule has 1 rings (SSSR count). The van der Waals surface area contributed by atoms with Crippen molar-refractivity contribution in [3.8, 4) is 0 Å². The van der Waals surface area contributed by atoms with Crippen molar-refractivity contribution in [2.75, 3.05) is 0 Å². The number of hydrogen-bond donors (Lipinski definition) is 1. The number of nitrogens with one attached hydrogen (secondary N) is 1. The van der Waals surface area contributed by atoms with Gasteiger partial charge in [0.25, 0.3) is 5.91 Å². The first-order valence-corrected chi connectivity index (χ1v) is 6.76. The molecule has 0 aliphatic heterocycles. The van der Waals surface area contributed by atoms with E-state index in [2.05, 4.69) is 49.1 Å². The van der Waals surface area contributed by atoms with Crippen molar-refractivity contribution >= 4 is 37.8 Å². The van der Waals surface area contributed by atoms with E-state index in [0.717, 1.165) is 10.9 Å². The van der Waals surface area contributed by atoms with Crippen molar-refractivity contribution in [2.45, 2.75) is 31.1 Å². The number of carbonyl (C=O) groups excluding carboxylic acids is 1. The molecular formula is C11H14Br2N2O. The predicted octanol–water partition coefficient (Wildman–Crippen LogP) is 3.14. The molecular weight excluding hydrogens is 336 g/mol. The molecule has 1 N–H and O–H groups in total. The molecule has 16 heavy (non-hydrogen) atoms. The van der Waals surface area contributed by atoms with Crippen molar-refractivity contribution in [2.24, 2.45) is 0 Å². The predicted molar refractivity (Wildman–Crippen MR) is 71.9 cm³/mol. The second kappa shape index (κ2) is 6.35. The minimum Gasteiger partial charge on any atom is -0.348 e. The average molecular weight is 350 g/mol. The zero-order chi connectivity index (χ0) is 12.1. The Balaban J connectivity index is 2.55. The molecule has 88 valence electrons. The number of aromatic nitrogens is 1. The topological polar surface area (TPSA) is 42.0 Å². The normalized spacial score (nSPS) is 14.2. The summed E-state index contributed by atoms with van der Waals surface area (Å²) < 4.78 is 0.867. The second-order valence-electron chi connectivity index (χ2n) is 3.75. The molecule has 0 saturated carbocycles. The first kappa shape index (κ1) is 13.6. The number of pyridine rings is 1. The van der Waals surface area contributed by atoms with E-state index < -0.39 is 0 Å². The van der Waals surface area contributed by atoms with Crippen LogP contribution in [0.2, 0.25) is 0 Å². The highest BCUT2D eigenvalue weighted by molar-refractivity contribution is 9.10. The summed E-state index contributed by atoms with van der Waals surface area (Å²) in [7, 11) is 0. The van der Waals surface area contributed by atoms with Gasteiger partial charge in [0.05, 0.1) is 0 Å². The van der Waals surface area contributed by atoms with E-state index >= 15 is 0 Å². The second-order valence-corrected chi connectivity index (χ2v) is 6.23. The van der Waals surface area contributed by atoms with Crippen molar-refractivity contribution in [1.29, 1.82) is 0 Å². The van der Waals surface area contributed by atoms with Crippen LogP contribution in [0.15, 0.2) is 22.8 Å². The standard InChI is InChI=1S/C11H14Br2N2O/c1-7(12)5-8(2)15-11(16)10-4-3-9(13)6-14-10/h3-4,6-8H,5H2,1-2H3,(H,15,16). The van der Waals surface area contributed by atoms with Gasteiger partial charge in [0.15, 0.2) is 0 Å². The number of rotatable bonds is 4. The van der Waals surface area contributed by atoms with Crippen LogP contribution >= 0.6 is 31.9 Å². The van der Waals surface area contributed by atoms with Crippen LogP contribution in [0.4, 0.5) is 0 Å². The maximum absolute atomic E-state index is 11.7. The van der Waals surface area contributed by atoms with Crippen molar-refractivity contribution in [3.05, 3.63) is 28.5 Å². The number of hydrogen-bond acceptors (Lipinski definition) is 2. The summed E-state index contributed by atoms with van der Waals surface area (Å²) >= 11 is 6.74. The van der Waals surface area contributed by atoms with Crippen LogP contribution in [-0.4, -0.2) is 21.8 Å². The van der Waals surface area contributed by atoms with Crippen molar-refractivity contribution < 1.29 is 4.79 Å². The summed E-state index contributed by atoms with van der Waals surface area (Å²) in [5, 5.41) is 2.90. The van der Waals surface area contributed by atoms with E-state index in [1.807, 2.05) is 6.92 Å². The van der Waals surface area contributed by atoms with Crippen LogP contribution in [0, 0.1) is 0 Å². The van der Waals surface area contributed by atoms with Gasteiger partial charge >= 0.3 is 0 Å². The van der Waals surface area contributed by atoms with Gasteiger partial charge < -0.3 is 5.32 Å². The highest BCUT2D eigenvalue weighted by Gasteiger charge is 2.12. The molecule has 3 nitrogen and oxygen atoms in total. The molecule has 0 saturated heterocycles. The van der Waals surface area contributed by atoms with Crippen LogP contribution in [-0.2, 0) is 0 Å². The minimum absolute atomic E-state index is 0.131. The first-order chi connectivity index (χ1) is 7.49. The van der Waals surface area contributed by atoms with Crippen molar-refractivity contribution in [3.63, 3.8) is 0 Å². The van der Waals surface area contributed by atoms with Gasteiger partial charge in [-0.15, -0.1) is 0 Å². The fourth-order valence-electron chi connectivity index (χ4n) is 1.35. The average Bonchev–Trinajstić information content (AvgIpc) is 2.16. The SMILES string of the molecule is CC(Br)CC(C)NC(=O)c1ccc(Br)cn1. The van der Waals surface area contributed by atoms with Crippen LogP contribution in [0.25, 0.3) is 0 Å². The van der Waals surface area contributed by atoms with Crippen LogP contribution in [0.1, 0.15) is 30.8 Å². The number of amides is 1. The summed E-state index contributed by atoms with van der Waals surface area (Å²) in [5.74, 6) is -0.131. The number of carbonyl (C=O) groups is 1. The zero-order valence-corrected chi connectivity index (χ0v) is 12.4. The molecule has 2 atom stereocenters. The Labute approximate surface area is 112 Å². The molecule has 0 fully saturated rings. The van der Waals surface area contributed by atoms with Crippen LogP contribution < -0.4 is 5.32 Å². The third-order valence-corrected chi connectivity index (χ3v) is 2.86. The Kier molecular flexibility index (Phi) is 5.41.